The van der Waals surface area contributed by atoms with Crippen molar-refractivity contribution in [3.8, 4) is 0 Å². The van der Waals surface area contributed by atoms with Crippen LogP contribution in [-0.2, 0) is 6.54 Å². The summed E-state index contributed by atoms with van der Waals surface area (Å²) >= 11 is 0. The van der Waals surface area contributed by atoms with Crippen molar-refractivity contribution in [1.82, 2.24) is 15.5 Å². The molecule has 0 spiro atoms. The molecular weight excluding hydrogens is 345 g/mol. The largest absolute Gasteiger partial charge is 0.348 e. The number of hydrogen-bond donors (Lipinski definition) is 2. The zero-order chi connectivity index (χ0) is 19.2. The van der Waals surface area contributed by atoms with Gasteiger partial charge in [-0.05, 0) is 36.6 Å². The molecule has 1 aliphatic heterocycles. The molecule has 6 heteroatoms. The lowest BCUT2D eigenvalue weighted by atomic mass is 9.89. The predicted molar refractivity (Wildman–Crippen MR) is 102 cm³/mol. The highest BCUT2D eigenvalue weighted by molar-refractivity contribution is 5.94. The number of carbonyl (C=O) groups excluding carboxylic acids is 2. The van der Waals surface area contributed by atoms with Crippen LogP contribution in [0.1, 0.15) is 40.2 Å². The van der Waals surface area contributed by atoms with Crippen LogP contribution in [0, 0.1) is 5.82 Å². The van der Waals surface area contributed by atoms with E-state index in [0.29, 0.717) is 17.7 Å². The minimum atomic E-state index is -0.331. The van der Waals surface area contributed by atoms with E-state index >= 15 is 0 Å². The fourth-order valence-corrected chi connectivity index (χ4v) is 3.44. The lowest BCUT2D eigenvalue weighted by molar-refractivity contribution is 0.0950. The van der Waals surface area contributed by atoms with E-state index in [1.54, 1.807) is 36.2 Å². The molecule has 0 saturated carbocycles. The summed E-state index contributed by atoms with van der Waals surface area (Å²) in [6.45, 7) is 1.53. The number of halogens is 1. The molecule has 1 heterocycles. The van der Waals surface area contributed by atoms with Crippen LogP contribution in [0.3, 0.4) is 0 Å². The Morgan fingerprint density at radius 1 is 1.19 bits per heavy atom. The number of nitrogens with one attached hydrogen (secondary N) is 2. The maximum atomic E-state index is 13.7. The molecule has 0 aromatic heterocycles. The van der Waals surface area contributed by atoms with E-state index in [1.165, 1.54) is 6.07 Å². The molecule has 1 atom stereocenters. The first-order valence-electron chi connectivity index (χ1n) is 9.16. The smallest absolute Gasteiger partial charge is 0.317 e. The monoisotopic (exact) mass is 369 g/mol. The van der Waals surface area contributed by atoms with E-state index in [-0.39, 0.29) is 30.2 Å². The summed E-state index contributed by atoms with van der Waals surface area (Å²) in [5, 5.41) is 5.43. The summed E-state index contributed by atoms with van der Waals surface area (Å²) < 4.78 is 13.7. The number of hydrogen-bond acceptors (Lipinski definition) is 2. The predicted octanol–water partition coefficient (Wildman–Crippen LogP) is 3.27. The second-order valence-electron chi connectivity index (χ2n) is 6.74. The minimum absolute atomic E-state index is 0.0708. The Kier molecular flexibility index (Phi) is 6.06. The van der Waals surface area contributed by atoms with E-state index in [9.17, 15) is 14.0 Å². The molecule has 1 fully saturated rings. The third-order valence-corrected chi connectivity index (χ3v) is 4.94. The van der Waals surface area contributed by atoms with Gasteiger partial charge in [-0.25, -0.2) is 9.18 Å². The van der Waals surface area contributed by atoms with Gasteiger partial charge in [0.05, 0.1) is 0 Å². The second kappa shape index (κ2) is 8.66. The number of urea groups is 1. The SMILES string of the molecule is CNC(=O)N1CCC[C@H](c2cccc(C(=O)NCc3ccccc3F)c2)C1. The van der Waals surface area contributed by atoms with Gasteiger partial charge in [0.1, 0.15) is 5.82 Å². The Hall–Kier alpha value is -2.89. The summed E-state index contributed by atoms with van der Waals surface area (Å²) in [7, 11) is 1.63. The van der Waals surface area contributed by atoms with E-state index < -0.39 is 0 Å². The maximum absolute atomic E-state index is 13.7. The molecule has 27 heavy (non-hydrogen) atoms. The molecule has 3 rings (SSSR count). The highest BCUT2D eigenvalue weighted by Gasteiger charge is 2.24. The van der Waals surface area contributed by atoms with Gasteiger partial charge in [-0.1, -0.05) is 30.3 Å². The van der Waals surface area contributed by atoms with Crippen molar-refractivity contribution in [2.24, 2.45) is 0 Å². The molecule has 5 nitrogen and oxygen atoms in total. The number of rotatable bonds is 4. The van der Waals surface area contributed by atoms with Crippen molar-refractivity contribution in [2.75, 3.05) is 20.1 Å². The summed E-state index contributed by atoms with van der Waals surface area (Å²) in [6, 6.07) is 13.8. The van der Waals surface area contributed by atoms with Gasteiger partial charge >= 0.3 is 6.03 Å². The fourth-order valence-electron chi connectivity index (χ4n) is 3.44. The average Bonchev–Trinajstić information content (AvgIpc) is 2.72. The number of amides is 3. The fraction of sp³-hybridized carbons (Fsp3) is 0.333. The number of piperidine rings is 1. The first kappa shape index (κ1) is 18.9. The number of carbonyl (C=O) groups is 2. The Morgan fingerprint density at radius 3 is 2.78 bits per heavy atom. The number of nitrogens with zero attached hydrogens (tertiary/aromatic N) is 1. The third kappa shape index (κ3) is 4.64. The quantitative estimate of drug-likeness (QED) is 0.869. The molecule has 1 aliphatic rings. The summed E-state index contributed by atoms with van der Waals surface area (Å²) in [4.78, 5) is 26.2. The molecule has 2 aromatic rings. The van der Waals surface area contributed by atoms with Crippen molar-refractivity contribution in [3.05, 3.63) is 71.0 Å². The molecule has 0 bridgehead atoms. The number of benzene rings is 2. The topological polar surface area (TPSA) is 61.4 Å². The highest BCUT2D eigenvalue weighted by atomic mass is 19.1. The molecule has 3 amide bonds. The Balaban J connectivity index is 1.67. The van der Waals surface area contributed by atoms with Crippen molar-refractivity contribution >= 4 is 11.9 Å². The van der Waals surface area contributed by atoms with Crippen molar-refractivity contribution < 1.29 is 14.0 Å². The van der Waals surface area contributed by atoms with Gasteiger partial charge < -0.3 is 15.5 Å². The summed E-state index contributed by atoms with van der Waals surface area (Å²) in [5.41, 5.74) is 2.04. The van der Waals surface area contributed by atoms with Gasteiger partial charge in [-0.2, -0.15) is 0 Å². The lowest BCUT2D eigenvalue weighted by Gasteiger charge is -2.32. The Labute approximate surface area is 158 Å². The zero-order valence-corrected chi connectivity index (χ0v) is 15.4. The molecular formula is C21H24FN3O2. The van der Waals surface area contributed by atoms with Gasteiger partial charge in [-0.3, -0.25) is 4.79 Å². The van der Waals surface area contributed by atoms with E-state index in [1.807, 2.05) is 18.2 Å². The van der Waals surface area contributed by atoms with Crippen LogP contribution in [-0.4, -0.2) is 37.0 Å². The first-order chi connectivity index (χ1) is 13.1. The first-order valence-corrected chi connectivity index (χ1v) is 9.16. The van der Waals surface area contributed by atoms with Crippen LogP contribution in [0.5, 0.6) is 0 Å². The molecule has 0 unspecified atom stereocenters. The van der Waals surface area contributed by atoms with Crippen molar-refractivity contribution in [3.63, 3.8) is 0 Å². The van der Waals surface area contributed by atoms with Crippen LogP contribution in [0.2, 0.25) is 0 Å². The van der Waals surface area contributed by atoms with Crippen molar-refractivity contribution in [1.29, 1.82) is 0 Å². The minimum Gasteiger partial charge on any atom is -0.348 e. The Morgan fingerprint density at radius 2 is 2.00 bits per heavy atom. The van der Waals surface area contributed by atoms with Crippen LogP contribution in [0.25, 0.3) is 0 Å². The van der Waals surface area contributed by atoms with Crippen molar-refractivity contribution in [2.45, 2.75) is 25.3 Å². The number of likely N-dealkylation sites (tertiary alicyclic amines) is 1. The van der Waals surface area contributed by atoms with E-state index in [4.69, 9.17) is 0 Å². The maximum Gasteiger partial charge on any atom is 0.317 e. The lowest BCUT2D eigenvalue weighted by Crippen LogP contribution is -2.43. The van der Waals surface area contributed by atoms with Gasteiger partial charge in [-0.15, -0.1) is 0 Å². The van der Waals surface area contributed by atoms with Crippen LogP contribution >= 0.6 is 0 Å². The molecule has 1 saturated heterocycles. The normalized spacial score (nSPS) is 16.7. The second-order valence-corrected chi connectivity index (χ2v) is 6.74. The van der Waals surface area contributed by atoms with E-state index in [2.05, 4.69) is 10.6 Å². The van der Waals surface area contributed by atoms with Gasteiger partial charge in [0.15, 0.2) is 0 Å². The molecule has 142 valence electrons. The van der Waals surface area contributed by atoms with Crippen LogP contribution < -0.4 is 10.6 Å². The molecule has 0 aliphatic carbocycles. The highest BCUT2D eigenvalue weighted by Crippen LogP contribution is 2.27. The van der Waals surface area contributed by atoms with Gasteiger partial charge in [0, 0.05) is 43.7 Å². The van der Waals surface area contributed by atoms with Crippen LogP contribution in [0.15, 0.2) is 48.5 Å². The standard InChI is InChI=1S/C21H24FN3O2/c1-23-21(27)25-11-5-9-18(14-25)15-7-4-8-16(12-15)20(26)24-13-17-6-2-3-10-19(17)22/h2-4,6-8,10,12,18H,5,9,11,13-14H2,1H3,(H,23,27)(H,24,26)/t18-/m0/s1. The summed E-state index contributed by atoms with van der Waals surface area (Å²) in [5.74, 6) is -0.363. The van der Waals surface area contributed by atoms with E-state index in [0.717, 1.165) is 24.9 Å². The molecule has 2 N–H and O–H groups in total. The van der Waals surface area contributed by atoms with Crippen LogP contribution in [0.4, 0.5) is 9.18 Å². The zero-order valence-electron chi connectivity index (χ0n) is 15.4. The van der Waals surface area contributed by atoms with Gasteiger partial charge in [0.25, 0.3) is 5.91 Å². The summed E-state index contributed by atoms with van der Waals surface area (Å²) in [6.07, 6.45) is 1.91. The molecule has 0 radical (unpaired) electrons. The molecule has 2 aromatic carbocycles. The van der Waals surface area contributed by atoms with Gasteiger partial charge in [0.2, 0.25) is 0 Å². The average molecular weight is 369 g/mol. The Bertz CT molecular complexity index is 825. The third-order valence-electron chi connectivity index (χ3n) is 4.94.